The molecule has 21 heavy (non-hydrogen) atoms. The number of imidazole rings is 1. The molecule has 1 fully saturated rings. The Morgan fingerprint density at radius 1 is 1.52 bits per heavy atom. The lowest BCUT2D eigenvalue weighted by Crippen LogP contribution is -2.36. The molecule has 1 aromatic carbocycles. The Hall–Kier alpha value is -2.00. The van der Waals surface area contributed by atoms with Crippen LogP contribution in [-0.4, -0.2) is 38.0 Å². The van der Waals surface area contributed by atoms with Crippen molar-refractivity contribution < 1.29 is 4.79 Å². The topological polar surface area (TPSA) is 61.9 Å². The normalized spacial score (nSPS) is 20.0. The van der Waals surface area contributed by atoms with Crippen LogP contribution < -0.4 is 0 Å². The number of para-hydroxylation sites is 2. The lowest BCUT2D eigenvalue weighted by atomic mass is 10.1. The molecule has 108 valence electrons. The second-order valence-electron chi connectivity index (χ2n) is 5.01. The number of rotatable bonds is 3. The number of fused-ring (bicyclic) bond motifs is 1. The smallest absolute Gasteiger partial charge is 0.233 e. The summed E-state index contributed by atoms with van der Waals surface area (Å²) in [6.45, 7) is 2.57. The molecule has 1 saturated heterocycles. The fourth-order valence-electron chi connectivity index (χ4n) is 2.80. The van der Waals surface area contributed by atoms with E-state index in [1.54, 1.807) is 4.90 Å². The van der Waals surface area contributed by atoms with Crippen LogP contribution in [0.5, 0.6) is 0 Å². The van der Waals surface area contributed by atoms with E-state index in [2.05, 4.69) is 11.1 Å². The van der Waals surface area contributed by atoms with Gasteiger partial charge in [-0.2, -0.15) is 5.26 Å². The molecule has 2 atom stereocenters. The molecule has 1 unspecified atom stereocenters. The fraction of sp³-hybridized carbons (Fsp3) is 0.400. The summed E-state index contributed by atoms with van der Waals surface area (Å²) in [7, 11) is 1.92. The Bertz CT molecular complexity index is 733. The van der Waals surface area contributed by atoms with Gasteiger partial charge >= 0.3 is 0 Å². The summed E-state index contributed by atoms with van der Waals surface area (Å²) in [4.78, 5) is 18.3. The van der Waals surface area contributed by atoms with Gasteiger partial charge in [-0.15, -0.1) is 11.8 Å². The van der Waals surface area contributed by atoms with E-state index in [0.29, 0.717) is 12.3 Å². The van der Waals surface area contributed by atoms with Crippen molar-refractivity contribution in [3.63, 3.8) is 0 Å². The molecule has 0 N–H and O–H groups in total. The van der Waals surface area contributed by atoms with E-state index in [0.717, 1.165) is 16.9 Å². The van der Waals surface area contributed by atoms with Crippen LogP contribution in [0.4, 0.5) is 0 Å². The molecule has 1 aliphatic heterocycles. The third-order valence-electron chi connectivity index (χ3n) is 3.87. The second-order valence-corrected chi connectivity index (χ2v) is 6.11. The highest BCUT2D eigenvalue weighted by Gasteiger charge is 2.39. The molecule has 6 heteroatoms. The summed E-state index contributed by atoms with van der Waals surface area (Å²) in [5, 5.41) is 9.48. The largest absolute Gasteiger partial charge is 0.330 e. The first-order valence-corrected chi connectivity index (χ1v) is 7.94. The standard InChI is InChI=1S/C15H16N4OS/c1-3-19-13(20)9-21-15(19)10(8-16)14-17-11-6-4-5-7-12(11)18(14)2/h4-7,10,15H,3,9H2,1-2H3/t10-,15?/m1/s1. The molecule has 2 heterocycles. The van der Waals surface area contributed by atoms with E-state index >= 15 is 0 Å². The van der Waals surface area contributed by atoms with Crippen molar-refractivity contribution >= 4 is 28.7 Å². The number of nitriles is 1. The van der Waals surface area contributed by atoms with Gasteiger partial charge in [-0.3, -0.25) is 4.79 Å². The number of likely N-dealkylation sites (N-methyl/N-ethyl adjacent to an activating group) is 1. The number of amides is 1. The van der Waals surface area contributed by atoms with Crippen molar-refractivity contribution in [1.82, 2.24) is 14.5 Å². The van der Waals surface area contributed by atoms with Gasteiger partial charge in [0.05, 0.1) is 22.9 Å². The summed E-state index contributed by atoms with van der Waals surface area (Å²) in [6, 6.07) is 10.2. The highest BCUT2D eigenvalue weighted by molar-refractivity contribution is 8.01. The number of aromatic nitrogens is 2. The highest BCUT2D eigenvalue weighted by atomic mass is 32.2. The molecule has 5 nitrogen and oxygen atoms in total. The molecule has 3 rings (SSSR count). The third-order valence-corrected chi connectivity index (χ3v) is 5.15. The zero-order valence-corrected chi connectivity index (χ0v) is 12.8. The summed E-state index contributed by atoms with van der Waals surface area (Å²) >= 11 is 1.53. The van der Waals surface area contributed by atoms with Crippen molar-refractivity contribution in [2.75, 3.05) is 12.3 Å². The molecule has 0 spiro atoms. The predicted octanol–water partition coefficient (Wildman–Crippen LogP) is 2.10. The number of aryl methyl sites for hydroxylation is 1. The van der Waals surface area contributed by atoms with Gasteiger partial charge in [0.1, 0.15) is 17.1 Å². The maximum atomic E-state index is 11.9. The van der Waals surface area contributed by atoms with Crippen LogP contribution in [0.2, 0.25) is 0 Å². The number of benzene rings is 1. The number of hydrogen-bond donors (Lipinski definition) is 0. The molecule has 2 aromatic rings. The van der Waals surface area contributed by atoms with Gasteiger partial charge in [0, 0.05) is 13.6 Å². The van der Waals surface area contributed by atoms with Gasteiger partial charge in [0.25, 0.3) is 0 Å². The number of carbonyl (C=O) groups excluding carboxylic acids is 1. The van der Waals surface area contributed by atoms with Gasteiger partial charge in [0.15, 0.2) is 0 Å². The molecular formula is C15H16N4OS. The molecule has 1 amide bonds. The number of nitrogens with zero attached hydrogens (tertiary/aromatic N) is 4. The monoisotopic (exact) mass is 300 g/mol. The first-order chi connectivity index (χ1) is 10.2. The number of carbonyl (C=O) groups is 1. The first kappa shape index (κ1) is 14.0. The number of hydrogen-bond acceptors (Lipinski definition) is 4. The van der Waals surface area contributed by atoms with E-state index in [1.807, 2.05) is 42.8 Å². The summed E-state index contributed by atoms with van der Waals surface area (Å²) < 4.78 is 1.96. The molecule has 1 aliphatic rings. The van der Waals surface area contributed by atoms with E-state index < -0.39 is 5.92 Å². The average Bonchev–Trinajstić information content (AvgIpc) is 3.02. The maximum absolute atomic E-state index is 11.9. The van der Waals surface area contributed by atoms with Crippen LogP contribution >= 0.6 is 11.8 Å². The van der Waals surface area contributed by atoms with Crippen LogP contribution in [0, 0.1) is 11.3 Å². The Morgan fingerprint density at radius 2 is 2.29 bits per heavy atom. The Morgan fingerprint density at radius 3 is 2.95 bits per heavy atom. The second kappa shape index (κ2) is 5.41. The summed E-state index contributed by atoms with van der Waals surface area (Å²) in [5.74, 6) is 0.857. The maximum Gasteiger partial charge on any atom is 0.233 e. The Balaban J connectivity index is 2.05. The van der Waals surface area contributed by atoms with Crippen LogP contribution in [0.25, 0.3) is 11.0 Å². The number of thioether (sulfide) groups is 1. The Labute approximate surface area is 127 Å². The SMILES string of the molecule is CCN1C(=O)CSC1[C@H](C#N)c1nc2ccccc2n1C. The van der Waals surface area contributed by atoms with Gasteiger partial charge in [-0.25, -0.2) is 4.98 Å². The van der Waals surface area contributed by atoms with Gasteiger partial charge < -0.3 is 9.47 Å². The van der Waals surface area contributed by atoms with Crippen molar-refractivity contribution in [3.8, 4) is 6.07 Å². The van der Waals surface area contributed by atoms with Crippen LogP contribution in [0.1, 0.15) is 18.7 Å². The van der Waals surface area contributed by atoms with Gasteiger partial charge in [-0.1, -0.05) is 12.1 Å². The van der Waals surface area contributed by atoms with Gasteiger partial charge in [0.2, 0.25) is 5.91 Å². The zero-order valence-electron chi connectivity index (χ0n) is 12.0. The lowest BCUT2D eigenvalue weighted by Gasteiger charge is -2.25. The minimum absolute atomic E-state index is 0.103. The Kier molecular flexibility index (Phi) is 3.60. The molecule has 0 bridgehead atoms. The minimum atomic E-state index is -0.418. The summed E-state index contributed by atoms with van der Waals surface area (Å²) in [6.07, 6.45) is 0. The predicted molar refractivity (Wildman–Crippen MR) is 82.7 cm³/mol. The minimum Gasteiger partial charge on any atom is -0.330 e. The zero-order chi connectivity index (χ0) is 15.0. The molecule has 0 aliphatic carbocycles. The van der Waals surface area contributed by atoms with E-state index in [1.165, 1.54) is 11.8 Å². The van der Waals surface area contributed by atoms with Crippen LogP contribution in [0.3, 0.4) is 0 Å². The van der Waals surface area contributed by atoms with Crippen LogP contribution in [-0.2, 0) is 11.8 Å². The molecule has 0 radical (unpaired) electrons. The summed E-state index contributed by atoms with van der Waals surface area (Å²) in [5.41, 5.74) is 1.89. The molecule has 1 aromatic heterocycles. The molecule has 0 saturated carbocycles. The highest BCUT2D eigenvalue weighted by Crippen LogP contribution is 2.36. The van der Waals surface area contributed by atoms with Crippen molar-refractivity contribution in [2.24, 2.45) is 7.05 Å². The van der Waals surface area contributed by atoms with E-state index in [4.69, 9.17) is 0 Å². The van der Waals surface area contributed by atoms with Gasteiger partial charge in [-0.05, 0) is 19.1 Å². The third kappa shape index (κ3) is 2.18. The van der Waals surface area contributed by atoms with E-state index in [9.17, 15) is 10.1 Å². The van der Waals surface area contributed by atoms with Crippen LogP contribution in [0.15, 0.2) is 24.3 Å². The average molecular weight is 300 g/mol. The van der Waals surface area contributed by atoms with E-state index in [-0.39, 0.29) is 11.3 Å². The molecular weight excluding hydrogens is 284 g/mol. The van der Waals surface area contributed by atoms with Crippen molar-refractivity contribution in [2.45, 2.75) is 18.2 Å². The quantitative estimate of drug-likeness (QED) is 0.871. The lowest BCUT2D eigenvalue weighted by molar-refractivity contribution is -0.127. The first-order valence-electron chi connectivity index (χ1n) is 6.89. The van der Waals surface area contributed by atoms with Crippen molar-refractivity contribution in [1.29, 1.82) is 5.26 Å². The van der Waals surface area contributed by atoms with Crippen molar-refractivity contribution in [3.05, 3.63) is 30.1 Å². The fourth-order valence-corrected chi connectivity index (χ4v) is 4.10.